The van der Waals surface area contributed by atoms with E-state index < -0.39 is 11.8 Å². The van der Waals surface area contributed by atoms with Gasteiger partial charge in [-0.2, -0.15) is 0 Å². The van der Waals surface area contributed by atoms with Crippen molar-refractivity contribution >= 4 is 27.6 Å². The van der Waals surface area contributed by atoms with Crippen LogP contribution in [0.5, 0.6) is 0 Å². The van der Waals surface area contributed by atoms with Gasteiger partial charge in [-0.05, 0) is 31.0 Å². The summed E-state index contributed by atoms with van der Waals surface area (Å²) in [5.41, 5.74) is 0.130. The van der Waals surface area contributed by atoms with Crippen LogP contribution in [-0.4, -0.2) is 23.8 Å². The molecule has 4 nitrogen and oxygen atoms in total. The van der Waals surface area contributed by atoms with E-state index in [-0.39, 0.29) is 24.3 Å². The Morgan fingerprint density at radius 1 is 1.47 bits per heavy atom. The monoisotopic (exact) mass is 330 g/mol. The molecule has 0 radical (unpaired) electrons. The molecular formula is C13H16BrFN2O2. The number of amides is 2. The molecule has 0 bridgehead atoms. The maximum Gasteiger partial charge on any atom is 0.319 e. The Morgan fingerprint density at radius 3 is 3.00 bits per heavy atom. The average molecular weight is 331 g/mol. The second-order valence-corrected chi connectivity index (χ2v) is 5.62. The van der Waals surface area contributed by atoms with Gasteiger partial charge in [0.2, 0.25) is 0 Å². The van der Waals surface area contributed by atoms with Gasteiger partial charge in [0.25, 0.3) is 0 Å². The number of nitrogens with one attached hydrogen (secondary N) is 2. The number of hydrogen-bond donors (Lipinski definition) is 3. The van der Waals surface area contributed by atoms with E-state index >= 15 is 0 Å². The molecule has 1 aromatic rings. The minimum atomic E-state index is -0.483. The fourth-order valence-corrected chi connectivity index (χ4v) is 2.73. The first-order valence-corrected chi connectivity index (χ1v) is 7.03. The van der Waals surface area contributed by atoms with Crippen LogP contribution >= 0.6 is 15.9 Å². The molecule has 2 rings (SSSR count). The molecule has 2 atom stereocenters. The number of rotatable bonds is 3. The molecule has 0 aliphatic heterocycles. The van der Waals surface area contributed by atoms with Gasteiger partial charge in [-0.15, -0.1) is 0 Å². The molecule has 2 amide bonds. The van der Waals surface area contributed by atoms with Gasteiger partial charge in [-0.3, -0.25) is 0 Å². The number of urea groups is 1. The van der Waals surface area contributed by atoms with Gasteiger partial charge in [-0.1, -0.05) is 22.4 Å². The SMILES string of the molecule is O=C(Nc1cc(Br)ccc1F)N[C@@H]1CCC[C@H]1CO. The third-order valence-corrected chi connectivity index (χ3v) is 3.88. The topological polar surface area (TPSA) is 61.4 Å². The summed E-state index contributed by atoms with van der Waals surface area (Å²) in [6.45, 7) is 0.0657. The largest absolute Gasteiger partial charge is 0.396 e. The third-order valence-electron chi connectivity index (χ3n) is 3.39. The quantitative estimate of drug-likeness (QED) is 0.798. The fourth-order valence-electron chi connectivity index (χ4n) is 2.37. The van der Waals surface area contributed by atoms with Crippen molar-refractivity contribution in [1.82, 2.24) is 5.32 Å². The molecule has 104 valence electrons. The first-order valence-electron chi connectivity index (χ1n) is 6.23. The molecule has 19 heavy (non-hydrogen) atoms. The summed E-state index contributed by atoms with van der Waals surface area (Å²) < 4.78 is 14.2. The van der Waals surface area contributed by atoms with Crippen molar-refractivity contribution in [3.63, 3.8) is 0 Å². The summed E-state index contributed by atoms with van der Waals surface area (Å²) in [6, 6.07) is 3.87. The first-order chi connectivity index (χ1) is 9.10. The van der Waals surface area contributed by atoms with E-state index in [9.17, 15) is 14.3 Å². The molecule has 0 spiro atoms. The van der Waals surface area contributed by atoms with Crippen LogP contribution in [0.3, 0.4) is 0 Å². The summed E-state index contributed by atoms with van der Waals surface area (Å²) in [4.78, 5) is 11.8. The average Bonchev–Trinajstić information content (AvgIpc) is 2.81. The van der Waals surface area contributed by atoms with E-state index in [0.717, 1.165) is 19.3 Å². The minimum Gasteiger partial charge on any atom is -0.396 e. The summed E-state index contributed by atoms with van der Waals surface area (Å²) in [5.74, 6) is -0.387. The smallest absolute Gasteiger partial charge is 0.319 e. The third kappa shape index (κ3) is 3.67. The van der Waals surface area contributed by atoms with Crippen molar-refractivity contribution in [3.8, 4) is 0 Å². The van der Waals surface area contributed by atoms with Crippen molar-refractivity contribution in [1.29, 1.82) is 0 Å². The molecule has 0 unspecified atom stereocenters. The summed E-state index contributed by atoms with van der Waals surface area (Å²) >= 11 is 3.22. The van der Waals surface area contributed by atoms with Crippen molar-refractivity contribution in [2.45, 2.75) is 25.3 Å². The Balaban J connectivity index is 1.95. The van der Waals surface area contributed by atoms with E-state index in [2.05, 4.69) is 26.6 Å². The molecular weight excluding hydrogens is 315 g/mol. The van der Waals surface area contributed by atoms with E-state index in [1.807, 2.05) is 0 Å². The van der Waals surface area contributed by atoms with Crippen LogP contribution < -0.4 is 10.6 Å². The van der Waals surface area contributed by atoms with Crippen LogP contribution in [0.1, 0.15) is 19.3 Å². The number of halogens is 2. The fraction of sp³-hybridized carbons (Fsp3) is 0.462. The number of hydrogen-bond acceptors (Lipinski definition) is 2. The Labute approximate surface area is 119 Å². The Hall–Kier alpha value is -1.14. The number of aliphatic hydroxyl groups excluding tert-OH is 1. The Bertz CT molecular complexity index is 470. The van der Waals surface area contributed by atoms with E-state index in [1.54, 1.807) is 6.07 Å². The van der Waals surface area contributed by atoms with Crippen LogP contribution in [0.2, 0.25) is 0 Å². The molecule has 3 N–H and O–H groups in total. The lowest BCUT2D eigenvalue weighted by Crippen LogP contribution is -2.41. The highest BCUT2D eigenvalue weighted by molar-refractivity contribution is 9.10. The van der Waals surface area contributed by atoms with Gasteiger partial charge in [-0.25, -0.2) is 9.18 Å². The highest BCUT2D eigenvalue weighted by atomic mass is 79.9. The lowest BCUT2D eigenvalue weighted by molar-refractivity contribution is 0.203. The minimum absolute atomic E-state index is 0.0415. The molecule has 1 aliphatic carbocycles. The highest BCUT2D eigenvalue weighted by Gasteiger charge is 2.27. The second-order valence-electron chi connectivity index (χ2n) is 4.70. The number of carbonyl (C=O) groups is 1. The van der Waals surface area contributed by atoms with Crippen LogP contribution in [-0.2, 0) is 0 Å². The number of aliphatic hydroxyl groups is 1. The maximum absolute atomic E-state index is 13.5. The highest BCUT2D eigenvalue weighted by Crippen LogP contribution is 2.25. The maximum atomic E-state index is 13.5. The molecule has 1 aliphatic rings. The first kappa shape index (κ1) is 14.3. The van der Waals surface area contributed by atoms with E-state index in [4.69, 9.17) is 0 Å². The van der Waals surface area contributed by atoms with Gasteiger partial charge in [0.05, 0.1) is 5.69 Å². The summed E-state index contributed by atoms with van der Waals surface area (Å²) in [5, 5.41) is 14.5. The van der Waals surface area contributed by atoms with Crippen LogP contribution in [0.4, 0.5) is 14.9 Å². The summed E-state index contributed by atoms with van der Waals surface area (Å²) in [7, 11) is 0. The predicted molar refractivity (Wildman–Crippen MR) is 74.5 cm³/mol. The number of benzene rings is 1. The molecule has 0 saturated heterocycles. The van der Waals surface area contributed by atoms with Crippen LogP contribution in [0, 0.1) is 11.7 Å². The van der Waals surface area contributed by atoms with Gasteiger partial charge in [0.15, 0.2) is 0 Å². The summed E-state index contributed by atoms with van der Waals surface area (Å²) in [6.07, 6.45) is 2.74. The van der Waals surface area contributed by atoms with Crippen LogP contribution in [0.25, 0.3) is 0 Å². The Kier molecular flexibility index (Phi) is 4.76. The van der Waals surface area contributed by atoms with Crippen molar-refractivity contribution in [2.75, 3.05) is 11.9 Å². The van der Waals surface area contributed by atoms with Gasteiger partial charge >= 0.3 is 6.03 Å². The van der Waals surface area contributed by atoms with Crippen molar-refractivity contribution in [2.24, 2.45) is 5.92 Å². The Morgan fingerprint density at radius 2 is 2.26 bits per heavy atom. The zero-order valence-corrected chi connectivity index (χ0v) is 11.9. The van der Waals surface area contributed by atoms with Gasteiger partial charge in [0.1, 0.15) is 5.82 Å². The van der Waals surface area contributed by atoms with Crippen LogP contribution in [0.15, 0.2) is 22.7 Å². The lowest BCUT2D eigenvalue weighted by Gasteiger charge is -2.19. The molecule has 6 heteroatoms. The molecule has 1 fully saturated rings. The van der Waals surface area contributed by atoms with E-state index in [0.29, 0.717) is 4.47 Å². The zero-order chi connectivity index (χ0) is 13.8. The van der Waals surface area contributed by atoms with Crippen molar-refractivity contribution < 1.29 is 14.3 Å². The molecule has 1 aromatic carbocycles. The normalized spacial score (nSPS) is 22.3. The van der Waals surface area contributed by atoms with Gasteiger partial charge < -0.3 is 15.7 Å². The molecule has 1 saturated carbocycles. The zero-order valence-electron chi connectivity index (χ0n) is 10.3. The number of anilines is 1. The molecule has 0 aromatic heterocycles. The van der Waals surface area contributed by atoms with Crippen molar-refractivity contribution in [3.05, 3.63) is 28.5 Å². The van der Waals surface area contributed by atoms with E-state index in [1.165, 1.54) is 12.1 Å². The lowest BCUT2D eigenvalue weighted by atomic mass is 10.1. The standard InChI is InChI=1S/C13H16BrFN2O2/c14-9-4-5-10(15)12(6-9)17-13(19)16-11-3-1-2-8(11)7-18/h4-6,8,11,18H,1-3,7H2,(H2,16,17,19)/t8-,11+/m0/s1. The number of carbonyl (C=O) groups excluding carboxylic acids is 1. The second kappa shape index (κ2) is 6.34. The molecule has 0 heterocycles. The van der Waals surface area contributed by atoms with Gasteiger partial charge in [0, 0.05) is 23.0 Å². The predicted octanol–water partition coefficient (Wildman–Crippen LogP) is 2.87.